The zero-order chi connectivity index (χ0) is 24.1. The molecule has 0 saturated carbocycles. The van der Waals surface area contributed by atoms with Crippen LogP contribution in [-0.2, 0) is 22.9 Å². The van der Waals surface area contributed by atoms with Crippen molar-refractivity contribution in [3.63, 3.8) is 0 Å². The first-order valence-corrected chi connectivity index (χ1v) is 10.1. The Balaban J connectivity index is 2.27. The summed E-state index contributed by atoms with van der Waals surface area (Å²) in [6, 6.07) is 13.3. The van der Waals surface area contributed by atoms with E-state index in [0.717, 1.165) is 12.1 Å². The molecule has 1 atom stereocenters. The second kappa shape index (κ2) is 10.2. The van der Waals surface area contributed by atoms with Crippen molar-refractivity contribution in [3.05, 3.63) is 100 Å². The molecule has 2 aromatic carbocycles. The molecular formula is C23H18ClF5N2O2. The molecule has 0 radical (unpaired) electrons. The van der Waals surface area contributed by atoms with Gasteiger partial charge in [0.1, 0.15) is 24.6 Å². The van der Waals surface area contributed by atoms with Gasteiger partial charge in [-0.15, -0.1) is 0 Å². The highest BCUT2D eigenvalue weighted by molar-refractivity contribution is 6.30. The summed E-state index contributed by atoms with van der Waals surface area (Å²) in [5.41, 5.74) is -2.61. The summed E-state index contributed by atoms with van der Waals surface area (Å²) >= 11 is 5.93. The summed E-state index contributed by atoms with van der Waals surface area (Å²) in [7, 11) is 0. The SMILES string of the molecule is O=C(NC(Cc1ccccc1)(c1cc(F)cc(C(F)(F)F)c1)c1ccc(Cl)cn1)OCCF. The predicted molar refractivity (Wildman–Crippen MR) is 112 cm³/mol. The van der Waals surface area contributed by atoms with Gasteiger partial charge in [-0.05, 0) is 41.5 Å². The number of aromatic nitrogens is 1. The lowest BCUT2D eigenvalue weighted by atomic mass is 9.80. The first-order chi connectivity index (χ1) is 15.6. The Morgan fingerprint density at radius 3 is 2.33 bits per heavy atom. The van der Waals surface area contributed by atoms with Crippen molar-refractivity contribution in [1.29, 1.82) is 0 Å². The lowest BCUT2D eigenvalue weighted by molar-refractivity contribution is -0.137. The van der Waals surface area contributed by atoms with E-state index >= 15 is 0 Å². The van der Waals surface area contributed by atoms with E-state index in [-0.39, 0.29) is 22.7 Å². The van der Waals surface area contributed by atoms with Gasteiger partial charge >= 0.3 is 12.3 Å². The summed E-state index contributed by atoms with van der Waals surface area (Å²) in [4.78, 5) is 16.7. The number of hydrogen-bond donors (Lipinski definition) is 1. The van der Waals surface area contributed by atoms with E-state index in [2.05, 4.69) is 10.3 Å². The van der Waals surface area contributed by atoms with Crippen LogP contribution in [0.3, 0.4) is 0 Å². The molecule has 0 bridgehead atoms. The van der Waals surface area contributed by atoms with Gasteiger partial charge in [0.15, 0.2) is 0 Å². The molecule has 3 aromatic rings. The minimum absolute atomic E-state index is 0.0756. The van der Waals surface area contributed by atoms with Crippen molar-refractivity contribution in [2.24, 2.45) is 0 Å². The third-order valence-electron chi connectivity index (χ3n) is 4.82. The van der Waals surface area contributed by atoms with Crippen LogP contribution in [-0.4, -0.2) is 24.4 Å². The number of carbonyl (C=O) groups is 1. The fourth-order valence-electron chi connectivity index (χ4n) is 3.39. The van der Waals surface area contributed by atoms with Gasteiger partial charge in [-0.3, -0.25) is 4.98 Å². The fourth-order valence-corrected chi connectivity index (χ4v) is 3.50. The van der Waals surface area contributed by atoms with Gasteiger partial charge in [0, 0.05) is 12.6 Å². The third-order valence-corrected chi connectivity index (χ3v) is 5.04. The number of pyridine rings is 1. The van der Waals surface area contributed by atoms with Crippen molar-refractivity contribution in [3.8, 4) is 0 Å². The van der Waals surface area contributed by atoms with Crippen molar-refractivity contribution < 1.29 is 31.5 Å². The predicted octanol–water partition coefficient (Wildman–Crippen LogP) is 6.07. The largest absolute Gasteiger partial charge is 0.447 e. The first-order valence-electron chi connectivity index (χ1n) is 9.69. The van der Waals surface area contributed by atoms with Gasteiger partial charge in [0.25, 0.3) is 0 Å². The van der Waals surface area contributed by atoms with Crippen molar-refractivity contribution in [2.75, 3.05) is 13.3 Å². The van der Waals surface area contributed by atoms with Gasteiger partial charge in [-0.1, -0.05) is 41.9 Å². The lowest BCUT2D eigenvalue weighted by Gasteiger charge is -2.35. The van der Waals surface area contributed by atoms with E-state index in [1.54, 1.807) is 30.3 Å². The number of ether oxygens (including phenoxy) is 1. The Kier molecular flexibility index (Phi) is 7.53. The van der Waals surface area contributed by atoms with Crippen LogP contribution in [0.1, 0.15) is 22.4 Å². The lowest BCUT2D eigenvalue weighted by Crippen LogP contribution is -2.49. The molecule has 0 aliphatic heterocycles. The molecule has 1 amide bonds. The molecule has 3 rings (SSSR count). The summed E-state index contributed by atoms with van der Waals surface area (Å²) in [6.07, 6.45) is -4.83. The number of alkyl carbamates (subject to hydrolysis) is 1. The Labute approximate surface area is 191 Å². The van der Waals surface area contributed by atoms with E-state index in [1.807, 2.05) is 0 Å². The molecule has 10 heteroatoms. The fraction of sp³-hybridized carbons (Fsp3) is 0.217. The normalized spacial score (nSPS) is 13.3. The van der Waals surface area contributed by atoms with Crippen molar-refractivity contribution >= 4 is 17.7 Å². The minimum Gasteiger partial charge on any atom is -0.447 e. The number of alkyl halides is 4. The number of nitrogens with one attached hydrogen (secondary N) is 1. The summed E-state index contributed by atoms with van der Waals surface area (Å²) in [5.74, 6) is -1.16. The first kappa shape index (κ1) is 24.4. The summed E-state index contributed by atoms with van der Waals surface area (Å²) in [6.45, 7) is -1.53. The van der Waals surface area contributed by atoms with Crippen molar-refractivity contribution in [1.82, 2.24) is 10.3 Å². The van der Waals surface area contributed by atoms with E-state index in [0.29, 0.717) is 11.6 Å². The Hall–Kier alpha value is -3.20. The zero-order valence-electron chi connectivity index (χ0n) is 17.0. The van der Waals surface area contributed by atoms with Gasteiger partial charge in [-0.25, -0.2) is 13.6 Å². The van der Waals surface area contributed by atoms with E-state index in [9.17, 15) is 26.7 Å². The number of halogens is 6. The molecule has 0 spiro atoms. The summed E-state index contributed by atoms with van der Waals surface area (Å²) < 4.78 is 72.2. The molecule has 1 unspecified atom stereocenters. The van der Waals surface area contributed by atoms with Crippen LogP contribution in [0.5, 0.6) is 0 Å². The molecule has 1 aromatic heterocycles. The van der Waals surface area contributed by atoms with Crippen LogP contribution in [0.2, 0.25) is 5.02 Å². The third kappa shape index (κ3) is 5.98. The molecule has 0 aliphatic carbocycles. The molecule has 33 heavy (non-hydrogen) atoms. The number of hydrogen-bond acceptors (Lipinski definition) is 3. The average molecular weight is 485 g/mol. The molecule has 174 valence electrons. The van der Waals surface area contributed by atoms with Crippen molar-refractivity contribution in [2.45, 2.75) is 18.1 Å². The number of carbonyl (C=O) groups excluding carboxylic acids is 1. The monoisotopic (exact) mass is 484 g/mol. The molecule has 0 fully saturated rings. The van der Waals surface area contributed by atoms with Crippen LogP contribution in [0.15, 0.2) is 66.9 Å². The number of benzene rings is 2. The van der Waals surface area contributed by atoms with Crippen LogP contribution in [0.25, 0.3) is 0 Å². The standard InChI is InChI=1S/C23H18ClF5N2O2/c24-18-6-7-20(30-14-18)22(31-21(32)33-9-8-25,13-15-4-2-1-3-5-15)16-10-17(23(27,28)29)12-19(26)11-16/h1-7,10-12,14H,8-9,13H2,(H,31,32). The highest BCUT2D eigenvalue weighted by Crippen LogP contribution is 2.38. The van der Waals surface area contributed by atoms with Crippen LogP contribution in [0, 0.1) is 5.82 Å². The van der Waals surface area contributed by atoms with Crippen LogP contribution < -0.4 is 5.32 Å². The van der Waals surface area contributed by atoms with Gasteiger partial charge < -0.3 is 10.1 Å². The molecule has 4 nitrogen and oxygen atoms in total. The zero-order valence-corrected chi connectivity index (χ0v) is 17.8. The van der Waals surface area contributed by atoms with Crippen LogP contribution >= 0.6 is 11.6 Å². The minimum atomic E-state index is -4.85. The molecule has 1 heterocycles. The smallest absolute Gasteiger partial charge is 0.416 e. The van der Waals surface area contributed by atoms with Gasteiger partial charge in [-0.2, -0.15) is 13.2 Å². The van der Waals surface area contributed by atoms with Gasteiger partial charge in [0.05, 0.1) is 16.3 Å². The maximum Gasteiger partial charge on any atom is 0.416 e. The summed E-state index contributed by atoms with van der Waals surface area (Å²) in [5, 5.41) is 2.74. The maximum atomic E-state index is 14.4. The second-order valence-corrected chi connectivity index (χ2v) is 7.54. The molecule has 1 N–H and O–H groups in total. The van der Waals surface area contributed by atoms with Crippen LogP contribution in [0.4, 0.5) is 26.7 Å². The number of amides is 1. The van der Waals surface area contributed by atoms with Gasteiger partial charge in [0.2, 0.25) is 0 Å². The van der Waals surface area contributed by atoms with E-state index in [4.69, 9.17) is 16.3 Å². The Morgan fingerprint density at radius 1 is 1.03 bits per heavy atom. The molecule has 0 saturated heterocycles. The maximum absolute atomic E-state index is 14.4. The highest BCUT2D eigenvalue weighted by Gasteiger charge is 2.41. The highest BCUT2D eigenvalue weighted by atomic mass is 35.5. The molecule has 0 aliphatic rings. The average Bonchev–Trinajstić information content (AvgIpc) is 2.77. The Morgan fingerprint density at radius 2 is 1.73 bits per heavy atom. The van der Waals surface area contributed by atoms with E-state index < -0.39 is 42.5 Å². The van der Waals surface area contributed by atoms with E-state index in [1.165, 1.54) is 18.3 Å². The number of nitrogens with zero attached hydrogens (tertiary/aromatic N) is 1. The topological polar surface area (TPSA) is 51.2 Å². The second-order valence-electron chi connectivity index (χ2n) is 7.11. The Bertz CT molecular complexity index is 1090. The number of rotatable bonds is 7. The quantitative estimate of drug-likeness (QED) is 0.414. The molecular weight excluding hydrogens is 467 g/mol.